The van der Waals surface area contributed by atoms with E-state index >= 15 is 0 Å². The van der Waals surface area contributed by atoms with Crippen LogP contribution in [0.1, 0.15) is 12.8 Å². The van der Waals surface area contributed by atoms with Crippen molar-refractivity contribution in [2.24, 2.45) is 0 Å². The maximum atomic E-state index is 9.07. The van der Waals surface area contributed by atoms with Crippen molar-refractivity contribution < 1.29 is 9.84 Å². The number of anilines is 3. The number of aliphatic hydroxyl groups is 1. The second-order valence-electron chi connectivity index (χ2n) is 6.42. The average molecular weight is 342 g/mol. The van der Waals surface area contributed by atoms with Gasteiger partial charge in [-0.2, -0.15) is 15.0 Å². The van der Waals surface area contributed by atoms with Gasteiger partial charge in [-0.3, -0.25) is 0 Å². The Balaban J connectivity index is 1.67. The third-order valence-electron chi connectivity index (χ3n) is 4.51. The zero-order valence-corrected chi connectivity index (χ0v) is 13.9. The first-order valence-electron chi connectivity index (χ1n) is 8.58. The maximum Gasteiger partial charge on any atom is 0.230 e. The molecule has 2 saturated heterocycles. The van der Waals surface area contributed by atoms with Gasteiger partial charge in [-0.05, 0) is 37.1 Å². The van der Waals surface area contributed by atoms with Crippen LogP contribution >= 0.6 is 0 Å². The standard InChI is InChI=1S/C17H22N6O2/c18-12-3-1-11(2-4-12)15-20-16(19-7-8-24)22-17(21-15)23-9-13-5-6-14(10-23)25-13/h1-4,13-14,24H,5-10,18H2,(H,19,20,21,22). The number of benzene rings is 1. The fourth-order valence-corrected chi connectivity index (χ4v) is 3.29. The predicted octanol–water partition coefficient (Wildman–Crippen LogP) is 0.893. The fourth-order valence-electron chi connectivity index (χ4n) is 3.29. The Labute approximate surface area is 146 Å². The second-order valence-corrected chi connectivity index (χ2v) is 6.42. The first-order chi connectivity index (χ1) is 12.2. The van der Waals surface area contributed by atoms with Crippen molar-refractivity contribution in [3.8, 4) is 11.4 Å². The molecule has 4 rings (SSSR count). The molecular weight excluding hydrogens is 320 g/mol. The van der Waals surface area contributed by atoms with Gasteiger partial charge in [0.2, 0.25) is 11.9 Å². The van der Waals surface area contributed by atoms with E-state index in [-0.39, 0.29) is 18.8 Å². The topological polar surface area (TPSA) is 109 Å². The van der Waals surface area contributed by atoms with E-state index in [1.807, 2.05) is 24.3 Å². The molecule has 4 N–H and O–H groups in total. The highest BCUT2D eigenvalue weighted by molar-refractivity contribution is 5.61. The summed E-state index contributed by atoms with van der Waals surface area (Å²) < 4.78 is 5.90. The summed E-state index contributed by atoms with van der Waals surface area (Å²) in [6, 6.07) is 7.45. The Morgan fingerprint density at radius 1 is 1.12 bits per heavy atom. The number of rotatable bonds is 5. The molecule has 0 amide bonds. The van der Waals surface area contributed by atoms with Gasteiger partial charge in [-0.25, -0.2) is 0 Å². The molecule has 0 radical (unpaired) electrons. The number of ether oxygens (including phenoxy) is 1. The van der Waals surface area contributed by atoms with Crippen LogP contribution in [0.3, 0.4) is 0 Å². The van der Waals surface area contributed by atoms with Crippen LogP contribution in [0.25, 0.3) is 11.4 Å². The highest BCUT2D eigenvalue weighted by Crippen LogP contribution is 2.29. The highest BCUT2D eigenvalue weighted by Gasteiger charge is 2.35. The number of hydrogen-bond acceptors (Lipinski definition) is 8. The largest absolute Gasteiger partial charge is 0.399 e. The van der Waals surface area contributed by atoms with E-state index in [0.717, 1.165) is 31.5 Å². The third-order valence-corrected chi connectivity index (χ3v) is 4.51. The number of nitrogens with zero attached hydrogens (tertiary/aromatic N) is 4. The number of aliphatic hydroxyl groups excluding tert-OH is 1. The van der Waals surface area contributed by atoms with Gasteiger partial charge in [0, 0.05) is 30.9 Å². The molecule has 25 heavy (non-hydrogen) atoms. The van der Waals surface area contributed by atoms with E-state index in [4.69, 9.17) is 15.6 Å². The molecule has 2 aromatic rings. The van der Waals surface area contributed by atoms with Gasteiger partial charge in [0.25, 0.3) is 0 Å². The monoisotopic (exact) mass is 342 g/mol. The van der Waals surface area contributed by atoms with Crippen LogP contribution in [0.4, 0.5) is 17.6 Å². The molecule has 2 fully saturated rings. The molecule has 1 aromatic carbocycles. The van der Waals surface area contributed by atoms with Gasteiger partial charge >= 0.3 is 0 Å². The number of nitrogen functional groups attached to an aromatic ring is 1. The minimum atomic E-state index is 0.0138. The van der Waals surface area contributed by atoms with Crippen molar-refractivity contribution in [3.05, 3.63) is 24.3 Å². The van der Waals surface area contributed by atoms with Crippen LogP contribution in [0.15, 0.2) is 24.3 Å². The van der Waals surface area contributed by atoms with E-state index in [9.17, 15) is 0 Å². The van der Waals surface area contributed by atoms with E-state index in [0.29, 0.717) is 30.0 Å². The summed E-state index contributed by atoms with van der Waals surface area (Å²) >= 11 is 0. The first-order valence-corrected chi connectivity index (χ1v) is 8.58. The van der Waals surface area contributed by atoms with Gasteiger partial charge in [0.1, 0.15) is 0 Å². The van der Waals surface area contributed by atoms with E-state index in [1.165, 1.54) is 0 Å². The van der Waals surface area contributed by atoms with Crippen LogP contribution in [-0.4, -0.2) is 58.5 Å². The first kappa shape index (κ1) is 16.0. The van der Waals surface area contributed by atoms with Crippen molar-refractivity contribution in [3.63, 3.8) is 0 Å². The molecule has 0 aliphatic carbocycles. The Kier molecular flexibility index (Phi) is 4.37. The summed E-state index contributed by atoms with van der Waals surface area (Å²) in [5.41, 5.74) is 7.34. The number of nitrogens with two attached hydrogens (primary N) is 1. The van der Waals surface area contributed by atoms with Crippen LogP contribution < -0.4 is 16.0 Å². The van der Waals surface area contributed by atoms with Crippen molar-refractivity contribution >= 4 is 17.6 Å². The summed E-state index contributed by atoms with van der Waals surface area (Å²) in [6.45, 7) is 1.99. The molecule has 2 atom stereocenters. The molecule has 3 heterocycles. The lowest BCUT2D eigenvalue weighted by Gasteiger charge is -2.32. The van der Waals surface area contributed by atoms with Crippen LogP contribution in [-0.2, 0) is 4.74 Å². The van der Waals surface area contributed by atoms with Crippen molar-refractivity contribution in [1.29, 1.82) is 0 Å². The quantitative estimate of drug-likeness (QED) is 0.688. The third kappa shape index (κ3) is 3.49. The predicted molar refractivity (Wildman–Crippen MR) is 95.4 cm³/mol. The van der Waals surface area contributed by atoms with Crippen LogP contribution in [0.5, 0.6) is 0 Å². The molecule has 8 nitrogen and oxygen atoms in total. The van der Waals surface area contributed by atoms with Crippen molar-refractivity contribution in [2.75, 3.05) is 42.2 Å². The smallest absolute Gasteiger partial charge is 0.230 e. The van der Waals surface area contributed by atoms with Gasteiger partial charge in [-0.1, -0.05) is 0 Å². The maximum absolute atomic E-state index is 9.07. The summed E-state index contributed by atoms with van der Waals surface area (Å²) in [6.07, 6.45) is 2.69. The zero-order chi connectivity index (χ0) is 17.2. The lowest BCUT2D eigenvalue weighted by Crippen LogP contribution is -2.43. The fraction of sp³-hybridized carbons (Fsp3) is 0.471. The molecule has 2 bridgehead atoms. The lowest BCUT2D eigenvalue weighted by molar-refractivity contribution is 0.0299. The Hall–Kier alpha value is -2.45. The highest BCUT2D eigenvalue weighted by atomic mass is 16.5. The summed E-state index contributed by atoms with van der Waals surface area (Å²) in [5.74, 6) is 1.69. The minimum absolute atomic E-state index is 0.0138. The molecule has 2 unspecified atom stereocenters. The number of morpholine rings is 1. The Bertz CT molecular complexity index is 726. The van der Waals surface area contributed by atoms with Crippen LogP contribution in [0.2, 0.25) is 0 Å². The molecule has 132 valence electrons. The average Bonchev–Trinajstić information content (AvgIpc) is 2.98. The molecule has 0 saturated carbocycles. The molecule has 8 heteroatoms. The van der Waals surface area contributed by atoms with Gasteiger partial charge < -0.3 is 25.8 Å². The normalized spacial score (nSPS) is 22.2. The van der Waals surface area contributed by atoms with E-state index < -0.39 is 0 Å². The van der Waals surface area contributed by atoms with E-state index in [1.54, 1.807) is 0 Å². The summed E-state index contributed by atoms with van der Waals surface area (Å²) in [7, 11) is 0. The SMILES string of the molecule is Nc1ccc(-c2nc(NCCO)nc(N3CC4CCC(C3)O4)n2)cc1. The zero-order valence-electron chi connectivity index (χ0n) is 13.9. The van der Waals surface area contributed by atoms with Crippen molar-refractivity contribution in [1.82, 2.24) is 15.0 Å². The molecular formula is C17H22N6O2. The van der Waals surface area contributed by atoms with Crippen molar-refractivity contribution in [2.45, 2.75) is 25.0 Å². The Morgan fingerprint density at radius 2 is 1.84 bits per heavy atom. The number of aromatic nitrogens is 3. The summed E-state index contributed by atoms with van der Waals surface area (Å²) in [5, 5.41) is 12.1. The molecule has 2 aliphatic rings. The molecule has 2 aliphatic heterocycles. The lowest BCUT2D eigenvalue weighted by atomic mass is 10.2. The molecule has 0 spiro atoms. The van der Waals surface area contributed by atoms with Gasteiger partial charge in [0.05, 0.1) is 18.8 Å². The number of hydrogen-bond donors (Lipinski definition) is 3. The second kappa shape index (κ2) is 6.81. The van der Waals surface area contributed by atoms with Gasteiger partial charge in [-0.15, -0.1) is 0 Å². The number of nitrogens with one attached hydrogen (secondary N) is 1. The molecule has 1 aromatic heterocycles. The van der Waals surface area contributed by atoms with Crippen LogP contribution in [0, 0.1) is 0 Å². The Morgan fingerprint density at radius 3 is 2.52 bits per heavy atom. The van der Waals surface area contributed by atoms with Gasteiger partial charge in [0.15, 0.2) is 5.82 Å². The number of fused-ring (bicyclic) bond motifs is 2. The summed E-state index contributed by atoms with van der Waals surface area (Å²) in [4.78, 5) is 15.8. The minimum Gasteiger partial charge on any atom is -0.399 e. The van der Waals surface area contributed by atoms with E-state index in [2.05, 4.69) is 25.2 Å².